The van der Waals surface area contributed by atoms with Crippen molar-refractivity contribution in [2.75, 3.05) is 5.75 Å². The van der Waals surface area contributed by atoms with Crippen LogP contribution in [-0.4, -0.2) is 26.9 Å². The van der Waals surface area contributed by atoms with Crippen LogP contribution in [0.2, 0.25) is 0 Å². The highest BCUT2D eigenvalue weighted by Crippen LogP contribution is 2.16. The lowest BCUT2D eigenvalue weighted by molar-refractivity contribution is -0.151. The summed E-state index contributed by atoms with van der Waals surface area (Å²) >= 11 is 1.38. The summed E-state index contributed by atoms with van der Waals surface area (Å²) in [5.41, 5.74) is -0.417. The van der Waals surface area contributed by atoms with E-state index < -0.39 is 5.60 Å². The third kappa shape index (κ3) is 4.38. The average molecular weight is 228 g/mol. The van der Waals surface area contributed by atoms with Gasteiger partial charge < -0.3 is 9.30 Å². The Labute approximate surface area is 94.0 Å². The third-order valence-electron chi connectivity index (χ3n) is 1.52. The van der Waals surface area contributed by atoms with Crippen LogP contribution in [0.1, 0.15) is 20.8 Å². The maximum atomic E-state index is 11.4. The number of hydrogen-bond acceptors (Lipinski definition) is 4. The lowest BCUT2D eigenvalue weighted by atomic mass is 10.2. The zero-order valence-corrected chi connectivity index (χ0v) is 10.3. The minimum atomic E-state index is -0.417. The van der Waals surface area contributed by atoms with Crippen LogP contribution in [0.15, 0.2) is 17.6 Å². The summed E-state index contributed by atoms with van der Waals surface area (Å²) in [5, 5.41) is 0.820. The Morgan fingerprint density at radius 1 is 1.60 bits per heavy atom. The number of aromatic nitrogens is 2. The van der Waals surface area contributed by atoms with Crippen molar-refractivity contribution in [3.05, 3.63) is 12.4 Å². The van der Waals surface area contributed by atoms with Gasteiger partial charge in [0.2, 0.25) is 0 Å². The summed E-state index contributed by atoms with van der Waals surface area (Å²) in [7, 11) is 1.89. The monoisotopic (exact) mass is 228 g/mol. The minimum absolute atomic E-state index is 0.212. The molecule has 5 heteroatoms. The van der Waals surface area contributed by atoms with Crippen LogP contribution in [0, 0.1) is 0 Å². The van der Waals surface area contributed by atoms with Gasteiger partial charge in [-0.2, -0.15) is 0 Å². The zero-order chi connectivity index (χ0) is 11.5. The molecule has 0 aromatic carbocycles. The van der Waals surface area contributed by atoms with Crippen LogP contribution in [0.3, 0.4) is 0 Å². The number of carbonyl (C=O) groups excluding carboxylic acids is 1. The molecule has 1 aromatic rings. The number of hydrogen-bond donors (Lipinski definition) is 0. The van der Waals surface area contributed by atoms with E-state index in [0.717, 1.165) is 5.16 Å². The molecule has 0 saturated heterocycles. The van der Waals surface area contributed by atoms with E-state index in [1.54, 1.807) is 6.20 Å². The van der Waals surface area contributed by atoms with Crippen LogP contribution in [0.4, 0.5) is 0 Å². The summed E-state index contributed by atoms with van der Waals surface area (Å²) in [5.74, 6) is 0.0813. The number of nitrogens with zero attached hydrogens (tertiary/aromatic N) is 2. The zero-order valence-electron chi connectivity index (χ0n) is 9.48. The van der Waals surface area contributed by atoms with Gasteiger partial charge in [0.1, 0.15) is 5.60 Å². The molecule has 4 nitrogen and oxygen atoms in total. The standard InChI is InChI=1S/C10H16N2O2S/c1-10(2,3)14-8(13)7-15-9-11-5-6-12(9)4/h5-6H,7H2,1-4H3. The van der Waals surface area contributed by atoms with E-state index in [1.165, 1.54) is 11.8 Å². The van der Waals surface area contributed by atoms with Crippen molar-refractivity contribution in [2.45, 2.75) is 31.5 Å². The number of imidazole rings is 1. The predicted octanol–water partition coefficient (Wildman–Crippen LogP) is 1.85. The molecule has 0 fully saturated rings. The molecule has 0 aliphatic carbocycles. The Kier molecular flexibility index (Phi) is 3.79. The van der Waals surface area contributed by atoms with Crippen molar-refractivity contribution in [3.63, 3.8) is 0 Å². The Bertz CT molecular complexity index is 341. The van der Waals surface area contributed by atoms with Crippen molar-refractivity contribution in [2.24, 2.45) is 7.05 Å². The summed E-state index contributed by atoms with van der Waals surface area (Å²) in [6, 6.07) is 0. The molecule has 1 aromatic heterocycles. The highest BCUT2D eigenvalue weighted by atomic mass is 32.2. The van der Waals surface area contributed by atoms with Gasteiger partial charge in [-0.15, -0.1) is 0 Å². The van der Waals surface area contributed by atoms with Crippen molar-refractivity contribution >= 4 is 17.7 Å². The Morgan fingerprint density at radius 2 is 2.27 bits per heavy atom. The molecule has 0 bridgehead atoms. The topological polar surface area (TPSA) is 44.1 Å². The number of thioether (sulfide) groups is 1. The minimum Gasteiger partial charge on any atom is -0.459 e. The first-order valence-electron chi connectivity index (χ1n) is 4.70. The van der Waals surface area contributed by atoms with Crippen LogP contribution >= 0.6 is 11.8 Å². The van der Waals surface area contributed by atoms with Crippen LogP contribution in [0.5, 0.6) is 0 Å². The molecule has 1 heterocycles. The van der Waals surface area contributed by atoms with Gasteiger partial charge in [-0.3, -0.25) is 4.79 Å². The Hall–Kier alpha value is -0.970. The number of rotatable bonds is 3. The molecule has 0 aliphatic rings. The van der Waals surface area contributed by atoms with E-state index in [1.807, 2.05) is 38.6 Å². The summed E-state index contributed by atoms with van der Waals surface area (Å²) in [6.07, 6.45) is 3.55. The van der Waals surface area contributed by atoms with Crippen molar-refractivity contribution in [3.8, 4) is 0 Å². The lowest BCUT2D eigenvalue weighted by Gasteiger charge is -2.19. The summed E-state index contributed by atoms with van der Waals surface area (Å²) in [6.45, 7) is 5.57. The van der Waals surface area contributed by atoms with E-state index >= 15 is 0 Å². The first-order valence-corrected chi connectivity index (χ1v) is 5.69. The maximum Gasteiger partial charge on any atom is 0.316 e. The highest BCUT2D eigenvalue weighted by molar-refractivity contribution is 7.99. The molecular weight excluding hydrogens is 212 g/mol. The predicted molar refractivity (Wildman–Crippen MR) is 59.8 cm³/mol. The number of ether oxygens (including phenoxy) is 1. The lowest BCUT2D eigenvalue weighted by Crippen LogP contribution is -2.25. The first kappa shape index (κ1) is 12.1. The maximum absolute atomic E-state index is 11.4. The molecule has 15 heavy (non-hydrogen) atoms. The Balaban J connectivity index is 2.38. The molecule has 0 atom stereocenters. The average Bonchev–Trinajstić information content (AvgIpc) is 2.44. The highest BCUT2D eigenvalue weighted by Gasteiger charge is 2.16. The van der Waals surface area contributed by atoms with Gasteiger partial charge in [-0.1, -0.05) is 11.8 Å². The van der Waals surface area contributed by atoms with Gasteiger partial charge in [0.05, 0.1) is 5.75 Å². The molecule has 0 spiro atoms. The van der Waals surface area contributed by atoms with Crippen LogP contribution in [-0.2, 0) is 16.6 Å². The van der Waals surface area contributed by atoms with Crippen LogP contribution in [0.25, 0.3) is 0 Å². The molecule has 0 aliphatic heterocycles. The Morgan fingerprint density at radius 3 is 2.73 bits per heavy atom. The molecule has 0 radical (unpaired) electrons. The fraction of sp³-hybridized carbons (Fsp3) is 0.600. The number of carbonyl (C=O) groups is 1. The van der Waals surface area contributed by atoms with E-state index in [0.29, 0.717) is 5.75 Å². The van der Waals surface area contributed by atoms with Gasteiger partial charge in [0.15, 0.2) is 5.16 Å². The van der Waals surface area contributed by atoms with Gasteiger partial charge in [0.25, 0.3) is 0 Å². The summed E-state index contributed by atoms with van der Waals surface area (Å²) < 4.78 is 7.05. The van der Waals surface area contributed by atoms with Gasteiger partial charge in [-0.25, -0.2) is 4.98 Å². The first-order chi connectivity index (χ1) is 6.88. The third-order valence-corrected chi connectivity index (χ3v) is 2.55. The molecule has 0 saturated carbocycles. The summed E-state index contributed by atoms with van der Waals surface area (Å²) in [4.78, 5) is 15.5. The largest absolute Gasteiger partial charge is 0.459 e. The van der Waals surface area contributed by atoms with E-state index in [2.05, 4.69) is 4.98 Å². The van der Waals surface area contributed by atoms with Crippen molar-refractivity contribution in [1.82, 2.24) is 9.55 Å². The fourth-order valence-corrected chi connectivity index (χ4v) is 1.69. The van der Waals surface area contributed by atoms with E-state index in [9.17, 15) is 4.79 Å². The second-order valence-electron chi connectivity index (χ2n) is 4.20. The van der Waals surface area contributed by atoms with Gasteiger partial charge >= 0.3 is 5.97 Å². The molecule has 0 N–H and O–H groups in total. The fourth-order valence-electron chi connectivity index (χ4n) is 0.985. The normalized spacial score (nSPS) is 11.5. The molecular formula is C10H16N2O2S. The smallest absolute Gasteiger partial charge is 0.316 e. The molecule has 0 unspecified atom stereocenters. The quantitative estimate of drug-likeness (QED) is 0.585. The molecule has 84 valence electrons. The number of aryl methyl sites for hydroxylation is 1. The van der Waals surface area contributed by atoms with E-state index in [4.69, 9.17) is 4.74 Å². The van der Waals surface area contributed by atoms with Crippen molar-refractivity contribution < 1.29 is 9.53 Å². The van der Waals surface area contributed by atoms with Gasteiger partial charge in [0, 0.05) is 19.4 Å². The molecule has 1 rings (SSSR count). The second-order valence-corrected chi connectivity index (χ2v) is 5.14. The van der Waals surface area contributed by atoms with E-state index in [-0.39, 0.29) is 5.97 Å². The van der Waals surface area contributed by atoms with Gasteiger partial charge in [-0.05, 0) is 20.8 Å². The SMILES string of the molecule is Cn1ccnc1SCC(=O)OC(C)(C)C. The second kappa shape index (κ2) is 4.70. The molecule has 0 amide bonds. The number of esters is 1. The van der Waals surface area contributed by atoms with Crippen LogP contribution < -0.4 is 0 Å². The van der Waals surface area contributed by atoms with Crippen molar-refractivity contribution in [1.29, 1.82) is 0 Å².